The van der Waals surface area contributed by atoms with Crippen molar-refractivity contribution in [3.8, 4) is 6.07 Å². The molecule has 1 fully saturated rings. The van der Waals surface area contributed by atoms with Crippen molar-refractivity contribution in [2.45, 2.75) is 38.1 Å². The predicted octanol–water partition coefficient (Wildman–Crippen LogP) is 0.794. The third kappa shape index (κ3) is 3.88. The van der Waals surface area contributed by atoms with Crippen LogP contribution in [-0.2, 0) is 4.79 Å². The fourth-order valence-electron chi connectivity index (χ4n) is 1.99. The first-order chi connectivity index (χ1) is 7.27. The lowest BCUT2D eigenvalue weighted by Crippen LogP contribution is -2.37. The Morgan fingerprint density at radius 2 is 2.33 bits per heavy atom. The number of hydrogen-bond donors (Lipinski definition) is 2. The molecule has 1 saturated carbocycles. The lowest BCUT2D eigenvalue weighted by atomic mass is 10.1. The number of amides is 1. The van der Waals surface area contributed by atoms with Gasteiger partial charge in [0.25, 0.3) is 0 Å². The van der Waals surface area contributed by atoms with Crippen LogP contribution in [0.15, 0.2) is 0 Å². The van der Waals surface area contributed by atoms with Crippen LogP contribution in [0.1, 0.15) is 32.1 Å². The maximum Gasteiger partial charge on any atom is 0.220 e. The molecular weight excluding hydrogens is 190 g/mol. The second-order valence-electron chi connectivity index (χ2n) is 4.05. The molecule has 2 atom stereocenters. The van der Waals surface area contributed by atoms with Gasteiger partial charge in [-0.25, -0.2) is 0 Å². The van der Waals surface area contributed by atoms with Gasteiger partial charge in [-0.15, -0.1) is 0 Å². The molecule has 1 amide bonds. The molecule has 2 N–H and O–H groups in total. The van der Waals surface area contributed by atoms with Crippen LogP contribution in [0, 0.1) is 17.2 Å². The van der Waals surface area contributed by atoms with E-state index in [9.17, 15) is 4.79 Å². The monoisotopic (exact) mass is 209 g/mol. The van der Waals surface area contributed by atoms with Crippen molar-refractivity contribution in [1.29, 1.82) is 5.26 Å². The molecule has 0 bridgehead atoms. The van der Waals surface area contributed by atoms with Crippen LogP contribution in [0.4, 0.5) is 0 Å². The maximum absolute atomic E-state index is 11.5. The molecule has 0 heterocycles. The molecule has 1 aliphatic rings. The molecule has 0 spiro atoms. The largest absolute Gasteiger partial charge is 0.352 e. The summed E-state index contributed by atoms with van der Waals surface area (Å²) in [6, 6.07) is 2.35. The zero-order valence-electron chi connectivity index (χ0n) is 9.25. The maximum atomic E-state index is 11.5. The summed E-state index contributed by atoms with van der Waals surface area (Å²) in [5.41, 5.74) is 0. The smallest absolute Gasteiger partial charge is 0.220 e. The van der Waals surface area contributed by atoms with Crippen LogP contribution in [0.3, 0.4) is 0 Å². The zero-order valence-corrected chi connectivity index (χ0v) is 9.25. The van der Waals surface area contributed by atoms with Gasteiger partial charge in [0.1, 0.15) is 0 Å². The van der Waals surface area contributed by atoms with Crippen LogP contribution in [0.5, 0.6) is 0 Å². The molecule has 1 aliphatic carbocycles. The van der Waals surface area contributed by atoms with Gasteiger partial charge in [-0.05, 0) is 39.3 Å². The van der Waals surface area contributed by atoms with Crippen molar-refractivity contribution < 1.29 is 4.79 Å². The molecular formula is C11H19N3O. The first-order valence-corrected chi connectivity index (χ1v) is 5.61. The Kier molecular flexibility index (Phi) is 5.13. The second kappa shape index (κ2) is 6.41. The predicted molar refractivity (Wildman–Crippen MR) is 58.0 cm³/mol. The summed E-state index contributed by atoms with van der Waals surface area (Å²) in [6.45, 7) is 0.861. The summed E-state index contributed by atoms with van der Waals surface area (Å²) < 4.78 is 0. The second-order valence-corrected chi connectivity index (χ2v) is 4.05. The SMILES string of the molecule is CNCCCC(=O)NC1CCCC1C#N. The normalized spacial score (nSPS) is 24.8. The minimum Gasteiger partial charge on any atom is -0.352 e. The molecule has 0 saturated heterocycles. The minimum absolute atomic E-state index is 0.0262. The number of carbonyl (C=O) groups excluding carboxylic acids is 1. The van der Waals surface area contributed by atoms with E-state index in [2.05, 4.69) is 16.7 Å². The lowest BCUT2D eigenvalue weighted by molar-refractivity contribution is -0.122. The summed E-state index contributed by atoms with van der Waals surface area (Å²) in [5, 5.41) is 14.8. The van der Waals surface area contributed by atoms with Gasteiger partial charge in [0, 0.05) is 12.5 Å². The van der Waals surface area contributed by atoms with Crippen LogP contribution in [0.25, 0.3) is 0 Å². The molecule has 15 heavy (non-hydrogen) atoms. The van der Waals surface area contributed by atoms with Crippen LogP contribution in [-0.4, -0.2) is 25.5 Å². The fourth-order valence-corrected chi connectivity index (χ4v) is 1.99. The van der Waals surface area contributed by atoms with Crippen LogP contribution < -0.4 is 10.6 Å². The number of hydrogen-bond acceptors (Lipinski definition) is 3. The quantitative estimate of drug-likeness (QED) is 0.658. The highest BCUT2D eigenvalue weighted by Crippen LogP contribution is 2.24. The van der Waals surface area contributed by atoms with E-state index >= 15 is 0 Å². The summed E-state index contributed by atoms with van der Waals surface area (Å²) >= 11 is 0. The van der Waals surface area contributed by atoms with Gasteiger partial charge in [0.15, 0.2) is 0 Å². The van der Waals surface area contributed by atoms with E-state index in [4.69, 9.17) is 5.26 Å². The molecule has 2 unspecified atom stereocenters. The van der Waals surface area contributed by atoms with E-state index in [1.807, 2.05) is 7.05 Å². The van der Waals surface area contributed by atoms with E-state index in [0.717, 1.165) is 32.2 Å². The Morgan fingerprint density at radius 1 is 1.53 bits per heavy atom. The number of nitriles is 1. The van der Waals surface area contributed by atoms with Crippen molar-refractivity contribution in [3.05, 3.63) is 0 Å². The summed E-state index contributed by atoms with van der Waals surface area (Å²) in [7, 11) is 1.88. The van der Waals surface area contributed by atoms with E-state index < -0.39 is 0 Å². The lowest BCUT2D eigenvalue weighted by Gasteiger charge is -2.15. The summed E-state index contributed by atoms with van der Waals surface area (Å²) in [4.78, 5) is 11.5. The molecule has 1 rings (SSSR count). The summed E-state index contributed by atoms with van der Waals surface area (Å²) in [5.74, 6) is 0.107. The summed E-state index contributed by atoms with van der Waals surface area (Å²) in [6.07, 6.45) is 4.34. The highest BCUT2D eigenvalue weighted by Gasteiger charge is 2.27. The molecule has 0 aliphatic heterocycles. The Bertz CT molecular complexity index is 247. The van der Waals surface area contributed by atoms with Gasteiger partial charge < -0.3 is 10.6 Å². The molecule has 0 aromatic heterocycles. The standard InChI is InChI=1S/C11H19N3O/c1-13-7-3-6-11(15)14-10-5-2-4-9(10)8-12/h9-10,13H,2-7H2,1H3,(H,14,15). The Balaban J connectivity index is 2.22. The number of rotatable bonds is 5. The van der Waals surface area contributed by atoms with Gasteiger partial charge in [0.05, 0.1) is 12.0 Å². The highest BCUT2D eigenvalue weighted by atomic mass is 16.1. The number of nitrogens with one attached hydrogen (secondary N) is 2. The van der Waals surface area contributed by atoms with Crippen molar-refractivity contribution in [3.63, 3.8) is 0 Å². The van der Waals surface area contributed by atoms with E-state index in [1.54, 1.807) is 0 Å². The van der Waals surface area contributed by atoms with E-state index in [-0.39, 0.29) is 17.9 Å². The first kappa shape index (κ1) is 12.0. The fraction of sp³-hybridized carbons (Fsp3) is 0.818. The molecule has 0 aromatic carbocycles. The van der Waals surface area contributed by atoms with E-state index in [0.29, 0.717) is 6.42 Å². The molecule has 0 aromatic rings. The van der Waals surface area contributed by atoms with Crippen molar-refractivity contribution in [2.75, 3.05) is 13.6 Å². The molecule has 0 radical (unpaired) electrons. The van der Waals surface area contributed by atoms with Crippen molar-refractivity contribution in [1.82, 2.24) is 10.6 Å². The Morgan fingerprint density at radius 3 is 3.00 bits per heavy atom. The Labute approximate surface area is 91.0 Å². The van der Waals surface area contributed by atoms with Crippen LogP contribution >= 0.6 is 0 Å². The van der Waals surface area contributed by atoms with Gasteiger partial charge in [-0.1, -0.05) is 0 Å². The highest BCUT2D eigenvalue weighted by molar-refractivity contribution is 5.76. The van der Waals surface area contributed by atoms with Crippen LogP contribution in [0.2, 0.25) is 0 Å². The minimum atomic E-state index is 0.0262. The first-order valence-electron chi connectivity index (χ1n) is 5.61. The molecule has 4 nitrogen and oxygen atoms in total. The average molecular weight is 209 g/mol. The number of carbonyl (C=O) groups is 1. The van der Waals surface area contributed by atoms with Gasteiger partial charge in [-0.3, -0.25) is 4.79 Å². The third-order valence-corrected chi connectivity index (χ3v) is 2.86. The topological polar surface area (TPSA) is 64.9 Å². The van der Waals surface area contributed by atoms with Gasteiger partial charge in [0.2, 0.25) is 5.91 Å². The van der Waals surface area contributed by atoms with Gasteiger partial charge in [-0.2, -0.15) is 5.26 Å². The Hall–Kier alpha value is -1.08. The van der Waals surface area contributed by atoms with Gasteiger partial charge >= 0.3 is 0 Å². The van der Waals surface area contributed by atoms with Crippen molar-refractivity contribution in [2.24, 2.45) is 5.92 Å². The zero-order chi connectivity index (χ0) is 11.1. The number of nitrogens with zero attached hydrogens (tertiary/aromatic N) is 1. The molecule has 4 heteroatoms. The third-order valence-electron chi connectivity index (χ3n) is 2.86. The average Bonchev–Trinajstić information content (AvgIpc) is 2.65. The molecule has 84 valence electrons. The van der Waals surface area contributed by atoms with Crippen molar-refractivity contribution >= 4 is 5.91 Å². The van der Waals surface area contributed by atoms with E-state index in [1.165, 1.54) is 0 Å².